The molecule has 1 aromatic carbocycles. The summed E-state index contributed by atoms with van der Waals surface area (Å²) in [5, 5.41) is 3.70. The second-order valence-electron chi connectivity index (χ2n) is 5.58. The number of fused-ring (bicyclic) bond motifs is 2. The Kier molecular flexibility index (Phi) is 3.06. The molecule has 2 heteroatoms. The Balaban J connectivity index is 1.66. The van der Waals surface area contributed by atoms with E-state index >= 15 is 0 Å². The van der Waals surface area contributed by atoms with Crippen LogP contribution in [0.15, 0.2) is 30.3 Å². The van der Waals surface area contributed by atoms with E-state index in [4.69, 9.17) is 0 Å². The van der Waals surface area contributed by atoms with Crippen molar-refractivity contribution in [1.82, 2.24) is 4.90 Å². The first-order valence-corrected chi connectivity index (χ1v) is 6.86. The molecular weight excluding hydrogens is 208 g/mol. The summed E-state index contributed by atoms with van der Waals surface area (Å²) in [6.45, 7) is 0. The van der Waals surface area contributed by atoms with Gasteiger partial charge in [-0.1, -0.05) is 24.6 Å². The Bertz CT molecular complexity index is 348. The molecule has 2 fully saturated rings. The van der Waals surface area contributed by atoms with Crippen LogP contribution in [0, 0.1) is 0 Å². The molecule has 2 nitrogen and oxygen atoms in total. The maximum Gasteiger partial charge on any atom is 0.0342 e. The molecule has 1 unspecified atom stereocenters. The Morgan fingerprint density at radius 2 is 1.71 bits per heavy atom. The van der Waals surface area contributed by atoms with Crippen molar-refractivity contribution in [3.63, 3.8) is 0 Å². The molecule has 2 heterocycles. The highest BCUT2D eigenvalue weighted by Crippen LogP contribution is 2.33. The van der Waals surface area contributed by atoms with Crippen molar-refractivity contribution in [2.45, 2.75) is 50.2 Å². The maximum absolute atomic E-state index is 3.70. The van der Waals surface area contributed by atoms with Gasteiger partial charge in [0.15, 0.2) is 0 Å². The number of piperidine rings is 2. The van der Waals surface area contributed by atoms with Crippen molar-refractivity contribution < 1.29 is 0 Å². The van der Waals surface area contributed by atoms with Gasteiger partial charge in [0, 0.05) is 23.8 Å². The number of benzene rings is 1. The van der Waals surface area contributed by atoms with Crippen molar-refractivity contribution in [2.75, 3.05) is 12.4 Å². The summed E-state index contributed by atoms with van der Waals surface area (Å²) >= 11 is 0. The van der Waals surface area contributed by atoms with E-state index in [9.17, 15) is 0 Å². The first-order valence-electron chi connectivity index (χ1n) is 6.86. The smallest absolute Gasteiger partial charge is 0.0342 e. The van der Waals surface area contributed by atoms with Crippen LogP contribution >= 0.6 is 0 Å². The molecule has 3 rings (SSSR count). The molecule has 1 aromatic rings. The van der Waals surface area contributed by atoms with Crippen LogP contribution in [0.2, 0.25) is 0 Å². The molecule has 0 spiro atoms. The fraction of sp³-hybridized carbons (Fsp3) is 0.600. The number of para-hydroxylation sites is 1. The van der Waals surface area contributed by atoms with Crippen molar-refractivity contribution in [3.8, 4) is 0 Å². The minimum Gasteiger partial charge on any atom is -0.382 e. The number of nitrogens with zero attached hydrogens (tertiary/aromatic N) is 1. The van der Waals surface area contributed by atoms with Crippen LogP contribution in [0.5, 0.6) is 0 Å². The molecule has 1 N–H and O–H groups in total. The van der Waals surface area contributed by atoms with E-state index in [-0.39, 0.29) is 0 Å². The van der Waals surface area contributed by atoms with Crippen LogP contribution in [0.3, 0.4) is 0 Å². The Hall–Kier alpha value is -1.02. The van der Waals surface area contributed by atoms with E-state index < -0.39 is 0 Å². The van der Waals surface area contributed by atoms with Crippen molar-refractivity contribution in [1.29, 1.82) is 0 Å². The van der Waals surface area contributed by atoms with Crippen LogP contribution in [-0.2, 0) is 0 Å². The average Bonchev–Trinajstić information content (AvgIpc) is 2.32. The number of hydrogen-bond acceptors (Lipinski definition) is 2. The molecule has 0 radical (unpaired) electrons. The van der Waals surface area contributed by atoms with Crippen LogP contribution in [0.1, 0.15) is 32.1 Å². The summed E-state index contributed by atoms with van der Waals surface area (Å²) in [5.41, 5.74) is 1.28. The van der Waals surface area contributed by atoms with Crippen LogP contribution in [0.25, 0.3) is 0 Å². The molecule has 17 heavy (non-hydrogen) atoms. The summed E-state index contributed by atoms with van der Waals surface area (Å²) < 4.78 is 0. The van der Waals surface area contributed by atoms with Gasteiger partial charge in [0.2, 0.25) is 0 Å². The summed E-state index contributed by atoms with van der Waals surface area (Å²) in [5.74, 6) is 0. The van der Waals surface area contributed by atoms with Gasteiger partial charge in [-0.25, -0.2) is 0 Å². The van der Waals surface area contributed by atoms with Crippen molar-refractivity contribution >= 4 is 5.69 Å². The highest BCUT2D eigenvalue weighted by molar-refractivity contribution is 5.43. The highest BCUT2D eigenvalue weighted by Gasteiger charge is 2.35. The lowest BCUT2D eigenvalue weighted by atomic mass is 9.82. The molecule has 2 bridgehead atoms. The molecule has 92 valence electrons. The standard InChI is InChI=1S/C15H22N2/c1-17-14-8-5-9-15(17)11-13(10-14)16-12-6-3-2-4-7-12/h2-4,6-7,13-16H,5,8-11H2,1H3/t13?,14-,15+. The quantitative estimate of drug-likeness (QED) is 0.840. The third-order valence-electron chi connectivity index (χ3n) is 4.48. The fourth-order valence-electron chi connectivity index (χ4n) is 3.50. The van der Waals surface area contributed by atoms with Crippen LogP contribution < -0.4 is 5.32 Å². The zero-order chi connectivity index (χ0) is 11.7. The predicted octanol–water partition coefficient (Wildman–Crippen LogP) is 3.11. The van der Waals surface area contributed by atoms with Gasteiger partial charge in [0.05, 0.1) is 0 Å². The number of hydrogen-bond donors (Lipinski definition) is 1. The molecular formula is C15H22N2. The molecule has 2 saturated heterocycles. The molecule has 3 atom stereocenters. The zero-order valence-corrected chi connectivity index (χ0v) is 10.6. The monoisotopic (exact) mass is 230 g/mol. The lowest BCUT2D eigenvalue weighted by Crippen LogP contribution is -2.52. The van der Waals surface area contributed by atoms with Gasteiger partial charge < -0.3 is 10.2 Å². The minimum absolute atomic E-state index is 0.670. The Morgan fingerprint density at radius 1 is 1.06 bits per heavy atom. The zero-order valence-electron chi connectivity index (χ0n) is 10.6. The molecule has 0 aliphatic carbocycles. The first-order chi connectivity index (χ1) is 8.33. The first kappa shape index (κ1) is 11.1. The molecule has 0 aromatic heterocycles. The van der Waals surface area contributed by atoms with Gasteiger partial charge in [-0.15, -0.1) is 0 Å². The predicted molar refractivity (Wildman–Crippen MR) is 72.3 cm³/mol. The molecule has 2 aliphatic heterocycles. The third kappa shape index (κ3) is 2.32. The number of anilines is 1. The largest absolute Gasteiger partial charge is 0.382 e. The van der Waals surface area contributed by atoms with E-state index in [0.717, 1.165) is 12.1 Å². The molecule has 0 saturated carbocycles. The number of nitrogens with one attached hydrogen (secondary N) is 1. The second kappa shape index (κ2) is 4.69. The summed E-state index contributed by atoms with van der Waals surface area (Å²) in [6.07, 6.45) is 6.82. The lowest BCUT2D eigenvalue weighted by molar-refractivity contribution is 0.0608. The van der Waals surface area contributed by atoms with Gasteiger partial charge in [-0.2, -0.15) is 0 Å². The summed E-state index contributed by atoms with van der Waals surface area (Å²) in [7, 11) is 2.31. The van der Waals surface area contributed by atoms with E-state index in [1.807, 2.05) is 0 Å². The summed E-state index contributed by atoms with van der Waals surface area (Å²) in [6, 6.07) is 12.9. The van der Waals surface area contributed by atoms with Crippen LogP contribution in [0.4, 0.5) is 5.69 Å². The fourth-order valence-corrected chi connectivity index (χ4v) is 3.50. The van der Waals surface area contributed by atoms with E-state index in [0.29, 0.717) is 6.04 Å². The molecule has 2 aliphatic rings. The topological polar surface area (TPSA) is 15.3 Å². The normalized spacial score (nSPS) is 33.4. The third-order valence-corrected chi connectivity index (χ3v) is 4.48. The van der Waals surface area contributed by atoms with Crippen molar-refractivity contribution in [3.05, 3.63) is 30.3 Å². The van der Waals surface area contributed by atoms with E-state index in [1.165, 1.54) is 37.8 Å². The second-order valence-corrected chi connectivity index (χ2v) is 5.58. The van der Waals surface area contributed by atoms with Crippen molar-refractivity contribution in [2.24, 2.45) is 0 Å². The Labute approximate surface area is 104 Å². The highest BCUT2D eigenvalue weighted by atomic mass is 15.2. The van der Waals surface area contributed by atoms with Gasteiger partial charge in [0.1, 0.15) is 0 Å². The van der Waals surface area contributed by atoms with Gasteiger partial charge in [-0.05, 0) is 44.9 Å². The maximum atomic E-state index is 3.70. The van der Waals surface area contributed by atoms with E-state index in [1.54, 1.807) is 0 Å². The average molecular weight is 230 g/mol. The van der Waals surface area contributed by atoms with Gasteiger partial charge in [0.25, 0.3) is 0 Å². The van der Waals surface area contributed by atoms with Crippen LogP contribution in [-0.4, -0.2) is 30.1 Å². The lowest BCUT2D eigenvalue weighted by Gasteiger charge is -2.47. The molecule has 0 amide bonds. The van der Waals surface area contributed by atoms with Gasteiger partial charge >= 0.3 is 0 Å². The van der Waals surface area contributed by atoms with Gasteiger partial charge in [-0.3, -0.25) is 0 Å². The SMILES string of the molecule is CN1[C@@H]2CCC[C@H]1CC(Nc1ccccc1)C2. The van der Waals surface area contributed by atoms with E-state index in [2.05, 4.69) is 47.6 Å². The Morgan fingerprint density at radius 3 is 2.35 bits per heavy atom. The summed E-state index contributed by atoms with van der Waals surface area (Å²) in [4.78, 5) is 2.62. The number of rotatable bonds is 2. The minimum atomic E-state index is 0.670.